The molecule has 5 amide bonds. The maximum Gasteiger partial charge on any atom is 0.315 e. The van der Waals surface area contributed by atoms with E-state index in [0.717, 1.165) is 30.6 Å². The number of likely N-dealkylation sites (tertiary alicyclic amines) is 1. The van der Waals surface area contributed by atoms with E-state index in [1.54, 1.807) is 16.3 Å². The van der Waals surface area contributed by atoms with Crippen LogP contribution in [0.2, 0.25) is 0 Å². The van der Waals surface area contributed by atoms with Crippen LogP contribution in [0.25, 0.3) is 0 Å². The molecule has 54 heavy (non-hydrogen) atoms. The fourth-order valence-corrected chi connectivity index (χ4v) is 11.0. The van der Waals surface area contributed by atoms with Gasteiger partial charge in [-0.25, -0.2) is 13.2 Å². The van der Waals surface area contributed by atoms with Crippen molar-refractivity contribution in [1.29, 1.82) is 0 Å². The molecular weight excluding hydrogens is 729 g/mol. The first-order valence-corrected chi connectivity index (χ1v) is 21.8. The van der Waals surface area contributed by atoms with Crippen molar-refractivity contribution in [2.45, 2.75) is 142 Å². The van der Waals surface area contributed by atoms with Gasteiger partial charge in [0.1, 0.15) is 12.1 Å². The van der Waals surface area contributed by atoms with Crippen LogP contribution in [-0.4, -0.2) is 91.0 Å². The third-order valence-corrected chi connectivity index (χ3v) is 14.5. The first kappa shape index (κ1) is 43.4. The summed E-state index contributed by atoms with van der Waals surface area (Å²) in [5.41, 5.74) is -1.13. The molecule has 0 spiro atoms. The van der Waals surface area contributed by atoms with E-state index in [1.807, 2.05) is 48.5 Å². The second-order valence-electron chi connectivity index (χ2n) is 16.9. The molecule has 1 aliphatic carbocycles. The lowest BCUT2D eigenvalue weighted by molar-refractivity contribution is -0.145. The number of carbonyl (C=O) groups excluding carboxylic acids is 5. The number of Topliss-reactive ketones (excluding diaryl/α,β-unsaturated/α-hetero) is 1. The standard InChI is InChI=1S/C39H62N6O7S2/c1-9-11-15-27(32(46)35(48)40-20-10-2)41-34(47)31-26(25(3)4)16-21-45(31)36(49)33(39(8)18-13-12-14-19-39)43-37(50)42-30(38(5,6)7)24-44-23-28-29(17-22-53-28)54(44,51)52/h10,17,22,25-27,30-31,33H,2,9,11-16,18-21,23-24H2,1,3-8H3,(H,40,48)(H,41,47)(H2,42,43,50)/t26-,27?,30-,31+,33-/m1/s1. The summed E-state index contributed by atoms with van der Waals surface area (Å²) in [6.45, 7) is 18.1. The SMILES string of the molecule is C=CCNC(=O)C(=O)C(CCCC)NC(=O)[C@@H]1[C@@H](C(C)C)CCN1C(=O)[C@@H](NC(=O)N[C@H](CN1Cc2sccc2S1(=O)=O)C(C)(C)C)C1(C)CCCCC1. The molecule has 3 aliphatic rings. The summed E-state index contributed by atoms with van der Waals surface area (Å²) < 4.78 is 28.1. The Balaban J connectivity index is 1.59. The second-order valence-corrected chi connectivity index (χ2v) is 19.8. The predicted molar refractivity (Wildman–Crippen MR) is 210 cm³/mol. The van der Waals surface area contributed by atoms with Gasteiger partial charge in [-0.1, -0.05) is 86.6 Å². The molecule has 13 nitrogen and oxygen atoms in total. The van der Waals surface area contributed by atoms with E-state index in [1.165, 1.54) is 21.7 Å². The molecule has 302 valence electrons. The minimum Gasteiger partial charge on any atom is -0.346 e. The van der Waals surface area contributed by atoms with Crippen molar-refractivity contribution in [2.75, 3.05) is 19.6 Å². The minimum atomic E-state index is -3.70. The quantitative estimate of drug-likeness (QED) is 0.139. The number of sulfonamides is 1. The summed E-state index contributed by atoms with van der Waals surface area (Å²) in [6.07, 6.45) is 7.87. The highest BCUT2D eigenvalue weighted by Crippen LogP contribution is 2.41. The lowest BCUT2D eigenvalue weighted by Gasteiger charge is -2.43. The van der Waals surface area contributed by atoms with Gasteiger partial charge >= 0.3 is 6.03 Å². The summed E-state index contributed by atoms with van der Waals surface area (Å²) in [5, 5.41) is 13.2. The van der Waals surface area contributed by atoms with E-state index in [9.17, 15) is 32.4 Å². The van der Waals surface area contributed by atoms with Crippen LogP contribution in [0.15, 0.2) is 29.0 Å². The Morgan fingerprint density at radius 3 is 2.35 bits per heavy atom. The molecule has 1 aromatic rings. The van der Waals surface area contributed by atoms with Crippen LogP contribution in [0.5, 0.6) is 0 Å². The van der Waals surface area contributed by atoms with E-state index in [-0.39, 0.29) is 43.8 Å². The Morgan fingerprint density at radius 1 is 1.07 bits per heavy atom. The molecule has 0 bridgehead atoms. The van der Waals surface area contributed by atoms with Crippen molar-refractivity contribution in [3.8, 4) is 0 Å². The van der Waals surface area contributed by atoms with Gasteiger partial charge in [0, 0.05) is 37.1 Å². The van der Waals surface area contributed by atoms with Crippen molar-refractivity contribution in [3.05, 3.63) is 29.0 Å². The Kier molecular flexibility index (Phi) is 14.6. The van der Waals surface area contributed by atoms with Gasteiger partial charge in [-0.2, -0.15) is 4.31 Å². The fraction of sp³-hybridized carbons (Fsp3) is 0.718. The van der Waals surface area contributed by atoms with Gasteiger partial charge in [-0.3, -0.25) is 19.2 Å². The number of hydrogen-bond acceptors (Lipinski definition) is 8. The highest BCUT2D eigenvalue weighted by Gasteiger charge is 2.50. The summed E-state index contributed by atoms with van der Waals surface area (Å²) in [5.74, 6) is -2.59. The summed E-state index contributed by atoms with van der Waals surface area (Å²) in [6, 6.07) is -2.49. The van der Waals surface area contributed by atoms with Crippen molar-refractivity contribution >= 4 is 50.9 Å². The number of urea groups is 1. The van der Waals surface area contributed by atoms with Gasteiger partial charge < -0.3 is 26.2 Å². The fourth-order valence-electron chi connectivity index (χ4n) is 8.08. The number of unbranched alkanes of at least 4 members (excludes halogenated alkanes) is 1. The number of thiophene rings is 1. The molecule has 1 aromatic heterocycles. The van der Waals surface area contributed by atoms with Crippen molar-refractivity contribution in [3.63, 3.8) is 0 Å². The average Bonchev–Trinajstić information content (AvgIpc) is 3.83. The molecule has 15 heteroatoms. The van der Waals surface area contributed by atoms with Crippen LogP contribution in [0.3, 0.4) is 0 Å². The molecule has 4 N–H and O–H groups in total. The summed E-state index contributed by atoms with van der Waals surface area (Å²) >= 11 is 1.39. The first-order chi connectivity index (χ1) is 25.3. The molecule has 4 rings (SSSR count). The monoisotopic (exact) mass is 790 g/mol. The Hall–Kier alpha value is -3.30. The predicted octanol–water partition coefficient (Wildman–Crippen LogP) is 4.72. The molecule has 5 atom stereocenters. The van der Waals surface area contributed by atoms with E-state index >= 15 is 0 Å². The zero-order valence-corrected chi connectivity index (χ0v) is 34.8. The van der Waals surface area contributed by atoms with Crippen LogP contribution in [0.4, 0.5) is 4.79 Å². The van der Waals surface area contributed by atoms with E-state index < -0.39 is 68.6 Å². The number of carbonyl (C=O) groups is 5. The average molecular weight is 791 g/mol. The minimum absolute atomic E-state index is 0.0263. The molecule has 1 saturated heterocycles. The van der Waals surface area contributed by atoms with Crippen LogP contribution in [0, 0.1) is 22.7 Å². The maximum absolute atomic E-state index is 14.9. The van der Waals surface area contributed by atoms with Crippen LogP contribution in [0.1, 0.15) is 111 Å². The van der Waals surface area contributed by atoms with Crippen molar-refractivity contribution in [1.82, 2.24) is 30.5 Å². The van der Waals surface area contributed by atoms with Gasteiger partial charge in [-0.05, 0) is 59.8 Å². The topological polar surface area (TPSA) is 174 Å². The molecular formula is C39H62N6O7S2. The van der Waals surface area contributed by atoms with Gasteiger partial charge in [0.2, 0.25) is 27.6 Å². The largest absolute Gasteiger partial charge is 0.346 e. The number of amides is 5. The molecule has 0 radical (unpaired) electrons. The molecule has 2 fully saturated rings. The third-order valence-electron chi connectivity index (χ3n) is 11.6. The number of nitrogens with one attached hydrogen (secondary N) is 4. The molecule has 3 heterocycles. The summed E-state index contributed by atoms with van der Waals surface area (Å²) in [4.78, 5) is 71.8. The van der Waals surface area contributed by atoms with Crippen LogP contribution >= 0.6 is 11.3 Å². The highest BCUT2D eigenvalue weighted by molar-refractivity contribution is 7.89. The number of rotatable bonds is 16. The van der Waals surface area contributed by atoms with Crippen molar-refractivity contribution < 1.29 is 32.4 Å². The normalized spacial score (nSPS) is 22.5. The van der Waals surface area contributed by atoms with E-state index in [0.29, 0.717) is 37.1 Å². The number of nitrogens with zero attached hydrogens (tertiary/aromatic N) is 2. The second kappa shape index (κ2) is 18.1. The first-order valence-electron chi connectivity index (χ1n) is 19.5. The van der Waals surface area contributed by atoms with E-state index in [4.69, 9.17) is 0 Å². The third kappa shape index (κ3) is 9.92. The van der Waals surface area contributed by atoms with E-state index in [2.05, 4.69) is 27.8 Å². The van der Waals surface area contributed by atoms with Gasteiger partial charge in [0.05, 0.1) is 10.9 Å². The smallest absolute Gasteiger partial charge is 0.315 e. The zero-order chi connectivity index (χ0) is 40.0. The Labute approximate surface area is 325 Å². The van der Waals surface area contributed by atoms with Gasteiger partial charge in [-0.15, -0.1) is 17.9 Å². The number of hydrogen-bond donors (Lipinski definition) is 4. The zero-order valence-electron chi connectivity index (χ0n) is 33.2. The van der Waals surface area contributed by atoms with Gasteiger partial charge in [0.25, 0.3) is 5.91 Å². The molecule has 0 aromatic carbocycles. The van der Waals surface area contributed by atoms with Crippen molar-refractivity contribution in [2.24, 2.45) is 22.7 Å². The molecule has 2 aliphatic heterocycles. The molecule has 1 saturated carbocycles. The van der Waals surface area contributed by atoms with Crippen LogP contribution in [-0.2, 0) is 35.7 Å². The maximum atomic E-state index is 14.9. The molecule has 1 unspecified atom stereocenters. The Bertz CT molecular complexity index is 1650. The van der Waals surface area contributed by atoms with Crippen LogP contribution < -0.4 is 21.3 Å². The lowest BCUT2D eigenvalue weighted by atomic mass is 9.70. The van der Waals surface area contributed by atoms with Gasteiger partial charge in [0.15, 0.2) is 0 Å². The summed E-state index contributed by atoms with van der Waals surface area (Å²) in [7, 11) is -3.70. The lowest BCUT2D eigenvalue weighted by Crippen LogP contribution is -2.63. The number of ketones is 1. The highest BCUT2D eigenvalue weighted by atomic mass is 32.2. The number of fused-ring (bicyclic) bond motifs is 1. The Morgan fingerprint density at radius 2 is 1.76 bits per heavy atom.